The van der Waals surface area contributed by atoms with Crippen LogP contribution in [0.2, 0.25) is 0 Å². The zero-order valence-electron chi connectivity index (χ0n) is 12.3. The summed E-state index contributed by atoms with van der Waals surface area (Å²) >= 11 is 0. The molecule has 0 unspecified atom stereocenters. The highest BCUT2D eigenvalue weighted by molar-refractivity contribution is 5.97. The fourth-order valence-corrected chi connectivity index (χ4v) is 2.65. The summed E-state index contributed by atoms with van der Waals surface area (Å²) in [4.78, 5) is 21.2. The van der Waals surface area contributed by atoms with Gasteiger partial charge < -0.3 is 14.4 Å². The number of carbonyl (C=O) groups is 1. The summed E-state index contributed by atoms with van der Waals surface area (Å²) in [5, 5.41) is 0. The number of imidazole rings is 1. The maximum absolute atomic E-state index is 12.5. The van der Waals surface area contributed by atoms with E-state index in [2.05, 4.69) is 16.9 Å². The van der Waals surface area contributed by atoms with Gasteiger partial charge in [0.15, 0.2) is 0 Å². The zero-order chi connectivity index (χ0) is 14.3. The molecule has 1 aliphatic rings. The number of piperazine rings is 1. The molecule has 1 saturated heterocycles. The third-order valence-corrected chi connectivity index (χ3v) is 4.14. The fourth-order valence-electron chi connectivity index (χ4n) is 2.65. The molecule has 1 amide bonds. The highest BCUT2D eigenvalue weighted by Gasteiger charge is 2.20. The minimum absolute atomic E-state index is 0.114. The average molecular weight is 272 g/mol. The number of likely N-dealkylation sites (N-methyl/N-ethyl adjacent to an activating group) is 1. The van der Waals surface area contributed by atoms with Gasteiger partial charge in [0.25, 0.3) is 5.91 Å². The molecule has 0 saturated carbocycles. The molecule has 1 fully saturated rings. The first kappa shape index (κ1) is 13.1. The summed E-state index contributed by atoms with van der Waals surface area (Å²) in [7, 11) is 4.08. The van der Waals surface area contributed by atoms with Crippen LogP contribution in [0.1, 0.15) is 16.2 Å². The van der Waals surface area contributed by atoms with Crippen molar-refractivity contribution in [2.45, 2.75) is 6.92 Å². The van der Waals surface area contributed by atoms with Crippen molar-refractivity contribution in [1.82, 2.24) is 19.4 Å². The van der Waals surface area contributed by atoms with E-state index in [-0.39, 0.29) is 5.91 Å². The minimum Gasteiger partial charge on any atom is -0.336 e. The lowest BCUT2D eigenvalue weighted by molar-refractivity contribution is 0.0664. The van der Waals surface area contributed by atoms with Gasteiger partial charge in [-0.25, -0.2) is 4.98 Å². The van der Waals surface area contributed by atoms with Crippen LogP contribution >= 0.6 is 0 Å². The molecule has 0 bridgehead atoms. The molecule has 0 N–H and O–H groups in total. The highest BCUT2D eigenvalue weighted by atomic mass is 16.2. The Balaban J connectivity index is 1.88. The maximum Gasteiger partial charge on any atom is 0.254 e. The Bertz CT molecular complexity index is 653. The second-order valence-corrected chi connectivity index (χ2v) is 5.52. The van der Waals surface area contributed by atoms with Crippen molar-refractivity contribution in [2.75, 3.05) is 33.2 Å². The Morgan fingerprint density at radius 2 is 1.85 bits per heavy atom. The number of benzene rings is 1. The molecule has 5 heteroatoms. The Morgan fingerprint density at radius 3 is 2.55 bits per heavy atom. The van der Waals surface area contributed by atoms with Gasteiger partial charge in [-0.3, -0.25) is 4.79 Å². The summed E-state index contributed by atoms with van der Waals surface area (Å²) < 4.78 is 2.04. The van der Waals surface area contributed by atoms with Gasteiger partial charge in [-0.05, 0) is 32.2 Å². The molecule has 0 spiro atoms. The molecule has 2 aromatic rings. The monoisotopic (exact) mass is 272 g/mol. The Kier molecular flexibility index (Phi) is 3.22. The molecule has 0 atom stereocenters. The predicted molar refractivity (Wildman–Crippen MR) is 78.9 cm³/mol. The van der Waals surface area contributed by atoms with Crippen molar-refractivity contribution in [3.63, 3.8) is 0 Å². The number of hydrogen-bond acceptors (Lipinski definition) is 3. The number of hydrogen-bond donors (Lipinski definition) is 0. The first-order valence-electron chi connectivity index (χ1n) is 6.97. The molecule has 0 aliphatic carbocycles. The standard InChI is InChI=1S/C15H20N4O/c1-11-16-13-10-12(4-5-14(13)18(11)3)15(20)19-8-6-17(2)7-9-19/h4-5,10H,6-9H2,1-3H3. The van der Waals surface area contributed by atoms with Crippen LogP contribution in [0.15, 0.2) is 18.2 Å². The van der Waals surface area contributed by atoms with E-state index in [1.165, 1.54) is 0 Å². The van der Waals surface area contributed by atoms with Gasteiger partial charge in [0.05, 0.1) is 11.0 Å². The van der Waals surface area contributed by atoms with E-state index < -0.39 is 0 Å². The van der Waals surface area contributed by atoms with Gasteiger partial charge in [0, 0.05) is 38.8 Å². The second kappa shape index (κ2) is 4.90. The van der Waals surface area contributed by atoms with Crippen LogP contribution in [0.25, 0.3) is 11.0 Å². The van der Waals surface area contributed by atoms with E-state index in [0.717, 1.165) is 48.6 Å². The minimum atomic E-state index is 0.114. The van der Waals surface area contributed by atoms with Crippen molar-refractivity contribution < 1.29 is 4.79 Å². The summed E-state index contributed by atoms with van der Waals surface area (Å²) in [6.45, 7) is 5.46. The Hall–Kier alpha value is -1.88. The van der Waals surface area contributed by atoms with E-state index in [1.807, 2.05) is 41.6 Å². The molecule has 1 aromatic carbocycles. The molecular weight excluding hydrogens is 252 g/mol. The van der Waals surface area contributed by atoms with Gasteiger partial charge in [-0.1, -0.05) is 0 Å². The van der Waals surface area contributed by atoms with Crippen LogP contribution in [0.5, 0.6) is 0 Å². The van der Waals surface area contributed by atoms with Crippen LogP contribution in [-0.4, -0.2) is 58.5 Å². The lowest BCUT2D eigenvalue weighted by Gasteiger charge is -2.32. The fraction of sp³-hybridized carbons (Fsp3) is 0.467. The molecule has 1 aliphatic heterocycles. The zero-order valence-corrected chi connectivity index (χ0v) is 12.3. The van der Waals surface area contributed by atoms with E-state index >= 15 is 0 Å². The topological polar surface area (TPSA) is 41.4 Å². The van der Waals surface area contributed by atoms with Gasteiger partial charge in [-0.2, -0.15) is 0 Å². The van der Waals surface area contributed by atoms with Crippen molar-refractivity contribution in [1.29, 1.82) is 0 Å². The molecule has 5 nitrogen and oxygen atoms in total. The van der Waals surface area contributed by atoms with Crippen LogP contribution in [-0.2, 0) is 7.05 Å². The van der Waals surface area contributed by atoms with Crippen molar-refractivity contribution >= 4 is 16.9 Å². The molecular formula is C15H20N4O. The van der Waals surface area contributed by atoms with Crippen molar-refractivity contribution in [2.24, 2.45) is 7.05 Å². The molecule has 106 valence electrons. The molecule has 20 heavy (non-hydrogen) atoms. The van der Waals surface area contributed by atoms with Crippen molar-refractivity contribution in [3.05, 3.63) is 29.6 Å². The molecule has 2 heterocycles. The van der Waals surface area contributed by atoms with Crippen LogP contribution in [0.3, 0.4) is 0 Å². The van der Waals surface area contributed by atoms with E-state index in [9.17, 15) is 4.79 Å². The average Bonchev–Trinajstić information content (AvgIpc) is 2.74. The summed E-state index contributed by atoms with van der Waals surface area (Å²) in [5.41, 5.74) is 2.70. The first-order chi connectivity index (χ1) is 9.56. The number of amides is 1. The van der Waals surface area contributed by atoms with E-state index in [4.69, 9.17) is 0 Å². The molecule has 1 aromatic heterocycles. The lowest BCUT2D eigenvalue weighted by atomic mass is 10.1. The normalized spacial score (nSPS) is 16.9. The number of carbonyl (C=O) groups excluding carboxylic acids is 1. The highest BCUT2D eigenvalue weighted by Crippen LogP contribution is 2.18. The van der Waals surface area contributed by atoms with Crippen LogP contribution < -0.4 is 0 Å². The van der Waals surface area contributed by atoms with E-state index in [1.54, 1.807) is 0 Å². The van der Waals surface area contributed by atoms with Crippen LogP contribution in [0.4, 0.5) is 0 Å². The predicted octanol–water partition coefficient (Wildman–Crippen LogP) is 1.27. The Labute approximate surface area is 118 Å². The summed E-state index contributed by atoms with van der Waals surface area (Å²) in [6, 6.07) is 5.80. The van der Waals surface area contributed by atoms with Gasteiger partial charge in [-0.15, -0.1) is 0 Å². The smallest absolute Gasteiger partial charge is 0.254 e. The third kappa shape index (κ3) is 2.18. The second-order valence-electron chi connectivity index (χ2n) is 5.52. The largest absolute Gasteiger partial charge is 0.336 e. The van der Waals surface area contributed by atoms with Crippen LogP contribution in [0, 0.1) is 6.92 Å². The number of nitrogens with zero attached hydrogens (tertiary/aromatic N) is 4. The Morgan fingerprint density at radius 1 is 1.15 bits per heavy atom. The molecule has 3 rings (SSSR count). The summed E-state index contributed by atoms with van der Waals surface area (Å²) in [5.74, 6) is 1.08. The lowest BCUT2D eigenvalue weighted by Crippen LogP contribution is -2.47. The summed E-state index contributed by atoms with van der Waals surface area (Å²) in [6.07, 6.45) is 0. The van der Waals surface area contributed by atoms with E-state index in [0.29, 0.717) is 0 Å². The number of fused-ring (bicyclic) bond motifs is 1. The van der Waals surface area contributed by atoms with Gasteiger partial charge >= 0.3 is 0 Å². The number of rotatable bonds is 1. The quantitative estimate of drug-likeness (QED) is 0.785. The van der Waals surface area contributed by atoms with Gasteiger partial charge in [0.1, 0.15) is 5.82 Å². The number of aromatic nitrogens is 2. The molecule has 0 radical (unpaired) electrons. The maximum atomic E-state index is 12.5. The number of aryl methyl sites for hydroxylation is 2. The van der Waals surface area contributed by atoms with Crippen molar-refractivity contribution in [3.8, 4) is 0 Å². The third-order valence-electron chi connectivity index (χ3n) is 4.14. The van der Waals surface area contributed by atoms with Gasteiger partial charge in [0.2, 0.25) is 0 Å². The first-order valence-corrected chi connectivity index (χ1v) is 6.97. The SMILES string of the molecule is Cc1nc2cc(C(=O)N3CCN(C)CC3)ccc2n1C.